The van der Waals surface area contributed by atoms with E-state index in [1.165, 1.54) is 28.7 Å². The van der Waals surface area contributed by atoms with Gasteiger partial charge in [-0.15, -0.1) is 23.7 Å². The molecule has 3 heterocycles. The second-order valence-corrected chi connectivity index (χ2v) is 9.70. The van der Waals surface area contributed by atoms with Crippen molar-refractivity contribution < 1.29 is 9.18 Å². The smallest absolute Gasteiger partial charge is 0.253 e. The molecule has 0 spiro atoms. The monoisotopic (exact) mass is 494 g/mol. The number of anilines is 1. The van der Waals surface area contributed by atoms with Crippen molar-refractivity contribution in [3.8, 4) is 0 Å². The molecule has 0 aliphatic carbocycles. The van der Waals surface area contributed by atoms with Crippen molar-refractivity contribution in [2.24, 2.45) is 0 Å². The number of benzene rings is 1. The Kier molecular flexibility index (Phi) is 7.58. The van der Waals surface area contributed by atoms with Gasteiger partial charge in [0.05, 0.1) is 14.6 Å². The largest absolute Gasteiger partial charge is 0.351 e. The van der Waals surface area contributed by atoms with E-state index in [0.717, 1.165) is 42.6 Å². The quantitative estimate of drug-likeness (QED) is 0.553. The van der Waals surface area contributed by atoms with E-state index in [0.29, 0.717) is 26.3 Å². The Morgan fingerprint density at radius 3 is 2.62 bits per heavy atom. The number of nitrogens with one attached hydrogen (secondary N) is 1. The summed E-state index contributed by atoms with van der Waals surface area (Å²) in [7, 11) is 0. The van der Waals surface area contributed by atoms with Gasteiger partial charge in [0.2, 0.25) is 0 Å². The van der Waals surface area contributed by atoms with Gasteiger partial charge in [-0.2, -0.15) is 0 Å². The summed E-state index contributed by atoms with van der Waals surface area (Å²) in [6, 6.07) is 6.63. The lowest BCUT2D eigenvalue weighted by atomic mass is 10.3. The topological polar surface area (TPSA) is 48.5 Å². The van der Waals surface area contributed by atoms with Crippen LogP contribution in [0, 0.1) is 5.82 Å². The summed E-state index contributed by atoms with van der Waals surface area (Å²) in [5, 5.41) is 3.74. The molecule has 156 valence electrons. The van der Waals surface area contributed by atoms with Gasteiger partial charge in [-0.1, -0.05) is 40.6 Å². The molecule has 29 heavy (non-hydrogen) atoms. The van der Waals surface area contributed by atoms with Crippen molar-refractivity contribution >= 4 is 79.5 Å². The minimum atomic E-state index is -0.276. The number of nitrogens with zero attached hydrogens (tertiary/aromatic N) is 3. The van der Waals surface area contributed by atoms with Gasteiger partial charge >= 0.3 is 0 Å². The summed E-state index contributed by atoms with van der Waals surface area (Å²) in [5.41, 5.74) is 0.865. The van der Waals surface area contributed by atoms with E-state index in [4.69, 9.17) is 23.2 Å². The summed E-state index contributed by atoms with van der Waals surface area (Å²) >= 11 is 14.6. The van der Waals surface area contributed by atoms with Crippen molar-refractivity contribution in [3.63, 3.8) is 0 Å². The molecule has 1 amide bonds. The van der Waals surface area contributed by atoms with E-state index in [9.17, 15) is 9.18 Å². The molecule has 1 fully saturated rings. The predicted octanol–water partition coefficient (Wildman–Crippen LogP) is 4.78. The van der Waals surface area contributed by atoms with E-state index in [1.807, 2.05) is 6.07 Å². The zero-order chi connectivity index (χ0) is 19.7. The predicted molar refractivity (Wildman–Crippen MR) is 122 cm³/mol. The molecular weight excluding hydrogens is 478 g/mol. The van der Waals surface area contributed by atoms with Crippen molar-refractivity contribution in [1.82, 2.24) is 15.2 Å². The van der Waals surface area contributed by atoms with Crippen LogP contribution >= 0.6 is 58.3 Å². The fourth-order valence-corrected chi connectivity index (χ4v) is 5.61. The molecule has 5 nitrogen and oxygen atoms in total. The van der Waals surface area contributed by atoms with E-state index >= 15 is 0 Å². The number of halogens is 4. The minimum Gasteiger partial charge on any atom is -0.351 e. The Bertz CT molecular complexity index is 1000. The van der Waals surface area contributed by atoms with Crippen LogP contribution < -0.4 is 10.2 Å². The molecule has 1 aliphatic rings. The molecule has 0 unspecified atom stereocenters. The standard InChI is InChI=1S/C18H17Cl2FN4OS2.ClH/c19-14-10-11(16(20)28-14)17(26)22-4-5-24-6-8-25(9-7-24)18-23-15-12(21)2-1-3-13(15)27-18;/h1-3,10H,4-9H2,(H,22,26);1H. The van der Waals surface area contributed by atoms with Gasteiger partial charge in [0.1, 0.15) is 15.7 Å². The number of aromatic nitrogens is 1. The number of piperazine rings is 1. The van der Waals surface area contributed by atoms with Crippen LogP contribution in [0.3, 0.4) is 0 Å². The Morgan fingerprint density at radius 2 is 1.97 bits per heavy atom. The van der Waals surface area contributed by atoms with Crippen LogP contribution in [0.5, 0.6) is 0 Å². The van der Waals surface area contributed by atoms with Gasteiger partial charge < -0.3 is 10.2 Å². The molecule has 0 bridgehead atoms. The fraction of sp³-hybridized carbons (Fsp3) is 0.333. The maximum atomic E-state index is 13.9. The highest BCUT2D eigenvalue weighted by atomic mass is 35.5. The van der Waals surface area contributed by atoms with Gasteiger partial charge in [-0.25, -0.2) is 9.37 Å². The molecule has 1 aromatic carbocycles. The SMILES string of the molecule is Cl.O=C(NCCN1CCN(c2nc3c(F)cccc3s2)CC1)c1cc(Cl)sc1Cl. The van der Waals surface area contributed by atoms with Crippen LogP contribution in [-0.2, 0) is 0 Å². The molecule has 0 atom stereocenters. The molecule has 2 aromatic heterocycles. The van der Waals surface area contributed by atoms with Crippen LogP contribution in [0.1, 0.15) is 10.4 Å². The summed E-state index contributed by atoms with van der Waals surface area (Å²) in [6.45, 7) is 4.65. The summed E-state index contributed by atoms with van der Waals surface area (Å²) < 4.78 is 15.6. The van der Waals surface area contributed by atoms with Crippen LogP contribution in [-0.4, -0.2) is 55.1 Å². The van der Waals surface area contributed by atoms with Crippen molar-refractivity contribution in [3.05, 3.63) is 44.3 Å². The molecule has 1 saturated heterocycles. The average molecular weight is 496 g/mol. The van der Waals surface area contributed by atoms with Gasteiger partial charge in [0.15, 0.2) is 5.13 Å². The summed E-state index contributed by atoms with van der Waals surface area (Å²) in [6.07, 6.45) is 0. The fourth-order valence-electron chi connectivity index (χ4n) is 3.12. The van der Waals surface area contributed by atoms with E-state index in [1.54, 1.807) is 12.1 Å². The van der Waals surface area contributed by atoms with Crippen LogP contribution in [0.4, 0.5) is 9.52 Å². The lowest BCUT2D eigenvalue weighted by Crippen LogP contribution is -2.48. The van der Waals surface area contributed by atoms with E-state index in [-0.39, 0.29) is 24.1 Å². The first-order chi connectivity index (χ1) is 13.5. The first-order valence-electron chi connectivity index (χ1n) is 8.76. The van der Waals surface area contributed by atoms with Crippen molar-refractivity contribution in [1.29, 1.82) is 0 Å². The van der Waals surface area contributed by atoms with E-state index in [2.05, 4.69) is 20.1 Å². The molecule has 0 saturated carbocycles. The van der Waals surface area contributed by atoms with E-state index < -0.39 is 0 Å². The third kappa shape index (κ3) is 5.13. The molecular formula is C18H18Cl3FN4OS2. The number of hydrogen-bond acceptors (Lipinski definition) is 6. The van der Waals surface area contributed by atoms with Crippen molar-refractivity contribution in [2.45, 2.75) is 0 Å². The Labute approximate surface area is 191 Å². The lowest BCUT2D eigenvalue weighted by Gasteiger charge is -2.34. The number of carbonyl (C=O) groups is 1. The van der Waals surface area contributed by atoms with Crippen LogP contribution in [0.2, 0.25) is 8.67 Å². The van der Waals surface area contributed by atoms with Crippen LogP contribution in [0.25, 0.3) is 10.2 Å². The minimum absolute atomic E-state index is 0. The molecule has 1 aliphatic heterocycles. The molecule has 4 rings (SSSR count). The first kappa shape index (κ1) is 22.5. The highest BCUT2D eigenvalue weighted by Gasteiger charge is 2.21. The second kappa shape index (κ2) is 9.76. The number of thiazole rings is 1. The van der Waals surface area contributed by atoms with Gasteiger partial charge in [0, 0.05) is 39.3 Å². The average Bonchev–Trinajstić information content (AvgIpc) is 3.26. The number of carbonyl (C=O) groups excluding carboxylic acids is 1. The second-order valence-electron chi connectivity index (χ2n) is 6.41. The zero-order valence-electron chi connectivity index (χ0n) is 15.2. The Morgan fingerprint density at radius 1 is 1.21 bits per heavy atom. The van der Waals surface area contributed by atoms with Gasteiger partial charge in [-0.3, -0.25) is 9.69 Å². The summed E-state index contributed by atoms with van der Waals surface area (Å²) in [4.78, 5) is 21.1. The Hall–Kier alpha value is -1.16. The molecule has 11 heteroatoms. The number of fused-ring (bicyclic) bond motifs is 1. The Balaban J connectivity index is 0.00000240. The maximum absolute atomic E-state index is 13.9. The normalized spacial score (nSPS) is 14.8. The number of para-hydroxylation sites is 1. The number of hydrogen-bond donors (Lipinski definition) is 1. The maximum Gasteiger partial charge on any atom is 0.253 e. The third-order valence-corrected chi connectivity index (χ3v) is 7.19. The van der Waals surface area contributed by atoms with Gasteiger partial charge in [-0.05, 0) is 18.2 Å². The number of rotatable bonds is 5. The lowest BCUT2D eigenvalue weighted by molar-refractivity contribution is 0.0948. The number of thiophene rings is 1. The van der Waals surface area contributed by atoms with Crippen molar-refractivity contribution in [2.75, 3.05) is 44.2 Å². The highest BCUT2D eigenvalue weighted by molar-refractivity contribution is 7.22. The molecule has 3 aromatic rings. The number of amides is 1. The third-order valence-electron chi connectivity index (χ3n) is 4.62. The first-order valence-corrected chi connectivity index (χ1v) is 11.2. The highest BCUT2D eigenvalue weighted by Crippen LogP contribution is 2.31. The van der Waals surface area contributed by atoms with Gasteiger partial charge in [0.25, 0.3) is 5.91 Å². The molecule has 0 radical (unpaired) electrons. The zero-order valence-corrected chi connectivity index (χ0v) is 19.1. The summed E-state index contributed by atoms with van der Waals surface area (Å²) in [5.74, 6) is -0.482. The van der Waals surface area contributed by atoms with Crippen LogP contribution in [0.15, 0.2) is 24.3 Å². The molecule has 1 N–H and O–H groups in total.